The van der Waals surface area contributed by atoms with E-state index in [2.05, 4.69) is 21.3 Å². The summed E-state index contributed by atoms with van der Waals surface area (Å²) >= 11 is 0. The largest absolute Gasteiger partial charge is 0.478 e. The average Bonchev–Trinajstić information content (AvgIpc) is 2.59. The van der Waals surface area contributed by atoms with Crippen LogP contribution in [0.2, 0.25) is 0 Å². The SMILES string of the molecule is CCOc1cccc(CN2CCCNCC2)n1. The Hall–Kier alpha value is -1.13. The Labute approximate surface area is 103 Å². The van der Waals surface area contributed by atoms with E-state index < -0.39 is 0 Å². The van der Waals surface area contributed by atoms with Gasteiger partial charge in [0.05, 0.1) is 12.3 Å². The van der Waals surface area contributed by atoms with Crippen molar-refractivity contribution in [2.45, 2.75) is 19.9 Å². The number of rotatable bonds is 4. The minimum absolute atomic E-state index is 0.671. The summed E-state index contributed by atoms with van der Waals surface area (Å²) in [6.45, 7) is 8.02. The van der Waals surface area contributed by atoms with Gasteiger partial charge in [0.15, 0.2) is 0 Å². The lowest BCUT2D eigenvalue weighted by Crippen LogP contribution is -2.28. The van der Waals surface area contributed by atoms with Gasteiger partial charge in [-0.2, -0.15) is 0 Å². The van der Waals surface area contributed by atoms with E-state index in [0.717, 1.165) is 44.3 Å². The van der Waals surface area contributed by atoms with Gasteiger partial charge < -0.3 is 10.1 Å². The van der Waals surface area contributed by atoms with Crippen molar-refractivity contribution in [3.05, 3.63) is 23.9 Å². The van der Waals surface area contributed by atoms with Crippen LogP contribution in [0.1, 0.15) is 19.0 Å². The second-order valence-electron chi connectivity index (χ2n) is 4.28. The Kier molecular flexibility index (Phi) is 4.76. The smallest absolute Gasteiger partial charge is 0.213 e. The first-order chi connectivity index (χ1) is 8.38. The molecule has 0 aliphatic carbocycles. The van der Waals surface area contributed by atoms with Crippen LogP contribution in [0.15, 0.2) is 18.2 Å². The van der Waals surface area contributed by atoms with E-state index >= 15 is 0 Å². The third-order valence-electron chi connectivity index (χ3n) is 2.89. The Morgan fingerprint density at radius 3 is 3.18 bits per heavy atom. The van der Waals surface area contributed by atoms with Crippen LogP contribution >= 0.6 is 0 Å². The Bertz CT molecular complexity index is 335. The molecule has 1 aromatic heterocycles. The van der Waals surface area contributed by atoms with E-state index in [4.69, 9.17) is 4.74 Å². The Balaban J connectivity index is 1.94. The minimum Gasteiger partial charge on any atom is -0.478 e. The van der Waals surface area contributed by atoms with Crippen LogP contribution in [0.3, 0.4) is 0 Å². The minimum atomic E-state index is 0.671. The van der Waals surface area contributed by atoms with Crippen molar-refractivity contribution in [1.29, 1.82) is 0 Å². The predicted molar refractivity (Wildman–Crippen MR) is 68.2 cm³/mol. The summed E-state index contributed by atoms with van der Waals surface area (Å²) in [6.07, 6.45) is 1.21. The van der Waals surface area contributed by atoms with Crippen LogP contribution < -0.4 is 10.1 Å². The summed E-state index contributed by atoms with van der Waals surface area (Å²) in [4.78, 5) is 6.95. The zero-order valence-electron chi connectivity index (χ0n) is 10.5. The lowest BCUT2D eigenvalue weighted by molar-refractivity contribution is 0.277. The van der Waals surface area contributed by atoms with Crippen LogP contribution in [-0.4, -0.2) is 42.7 Å². The molecule has 0 aromatic carbocycles. The zero-order chi connectivity index (χ0) is 11.9. The molecule has 94 valence electrons. The van der Waals surface area contributed by atoms with E-state index in [1.165, 1.54) is 6.42 Å². The molecule has 0 atom stereocenters. The summed E-state index contributed by atoms with van der Waals surface area (Å²) in [5, 5.41) is 3.41. The van der Waals surface area contributed by atoms with Gasteiger partial charge in [0.2, 0.25) is 5.88 Å². The molecule has 4 nitrogen and oxygen atoms in total. The maximum atomic E-state index is 5.42. The molecule has 4 heteroatoms. The number of aromatic nitrogens is 1. The highest BCUT2D eigenvalue weighted by atomic mass is 16.5. The molecule has 1 fully saturated rings. The zero-order valence-corrected chi connectivity index (χ0v) is 10.5. The molecule has 2 heterocycles. The van der Waals surface area contributed by atoms with Gasteiger partial charge in [-0.25, -0.2) is 4.98 Å². The lowest BCUT2D eigenvalue weighted by Gasteiger charge is -2.18. The molecule has 1 aliphatic heterocycles. The fourth-order valence-electron chi connectivity index (χ4n) is 2.06. The summed E-state index contributed by atoms with van der Waals surface area (Å²) < 4.78 is 5.42. The van der Waals surface area contributed by atoms with Gasteiger partial charge in [0.25, 0.3) is 0 Å². The van der Waals surface area contributed by atoms with Crippen LogP contribution in [0.5, 0.6) is 5.88 Å². The molecule has 0 spiro atoms. The Morgan fingerprint density at radius 2 is 2.29 bits per heavy atom. The fourth-order valence-corrected chi connectivity index (χ4v) is 2.06. The van der Waals surface area contributed by atoms with Crippen molar-refractivity contribution < 1.29 is 4.74 Å². The maximum absolute atomic E-state index is 5.42. The highest BCUT2D eigenvalue weighted by Gasteiger charge is 2.09. The lowest BCUT2D eigenvalue weighted by atomic mass is 10.3. The molecule has 1 saturated heterocycles. The standard InChI is InChI=1S/C13H21N3O/c1-2-17-13-6-3-5-12(15-13)11-16-9-4-7-14-8-10-16/h3,5-6,14H,2,4,7-11H2,1H3. The van der Waals surface area contributed by atoms with Gasteiger partial charge in [0.1, 0.15) is 0 Å². The van der Waals surface area contributed by atoms with E-state index in [-0.39, 0.29) is 0 Å². The normalized spacial score (nSPS) is 17.7. The Morgan fingerprint density at radius 1 is 1.35 bits per heavy atom. The van der Waals surface area contributed by atoms with Gasteiger partial charge in [-0.1, -0.05) is 6.07 Å². The van der Waals surface area contributed by atoms with Crippen molar-refractivity contribution in [3.63, 3.8) is 0 Å². The van der Waals surface area contributed by atoms with E-state index in [9.17, 15) is 0 Å². The molecule has 0 bridgehead atoms. The quantitative estimate of drug-likeness (QED) is 0.853. The average molecular weight is 235 g/mol. The number of hydrogen-bond donors (Lipinski definition) is 1. The first-order valence-electron chi connectivity index (χ1n) is 6.40. The molecule has 1 aromatic rings. The number of nitrogens with zero attached hydrogens (tertiary/aromatic N) is 2. The second-order valence-corrected chi connectivity index (χ2v) is 4.28. The molecule has 1 aliphatic rings. The summed E-state index contributed by atoms with van der Waals surface area (Å²) in [5.74, 6) is 0.734. The van der Waals surface area contributed by atoms with Gasteiger partial charge in [-0.05, 0) is 32.5 Å². The van der Waals surface area contributed by atoms with Gasteiger partial charge in [-0.3, -0.25) is 4.90 Å². The van der Waals surface area contributed by atoms with Gasteiger partial charge >= 0.3 is 0 Å². The van der Waals surface area contributed by atoms with E-state index in [1.807, 2.05) is 19.1 Å². The first kappa shape index (κ1) is 12.3. The van der Waals surface area contributed by atoms with Gasteiger partial charge in [-0.15, -0.1) is 0 Å². The van der Waals surface area contributed by atoms with Crippen molar-refractivity contribution in [2.24, 2.45) is 0 Å². The molecule has 2 rings (SSSR count). The molecular formula is C13H21N3O. The van der Waals surface area contributed by atoms with E-state index in [0.29, 0.717) is 6.61 Å². The molecule has 0 radical (unpaired) electrons. The summed E-state index contributed by atoms with van der Waals surface area (Å²) in [7, 11) is 0. The number of ether oxygens (including phenoxy) is 1. The van der Waals surface area contributed by atoms with Crippen molar-refractivity contribution in [1.82, 2.24) is 15.2 Å². The molecule has 1 N–H and O–H groups in total. The molecule has 0 saturated carbocycles. The summed E-state index contributed by atoms with van der Waals surface area (Å²) in [5.41, 5.74) is 1.10. The van der Waals surface area contributed by atoms with Crippen LogP contribution in [0, 0.1) is 0 Å². The van der Waals surface area contributed by atoms with Crippen LogP contribution in [-0.2, 0) is 6.54 Å². The van der Waals surface area contributed by atoms with Gasteiger partial charge in [0, 0.05) is 25.7 Å². The molecule has 0 amide bonds. The second kappa shape index (κ2) is 6.57. The van der Waals surface area contributed by atoms with Crippen LogP contribution in [0.25, 0.3) is 0 Å². The first-order valence-corrected chi connectivity index (χ1v) is 6.40. The third-order valence-corrected chi connectivity index (χ3v) is 2.89. The highest BCUT2D eigenvalue weighted by molar-refractivity contribution is 5.15. The number of pyridine rings is 1. The predicted octanol–water partition coefficient (Wildman–Crippen LogP) is 1.28. The van der Waals surface area contributed by atoms with Crippen molar-refractivity contribution in [2.75, 3.05) is 32.8 Å². The molecular weight excluding hydrogens is 214 g/mol. The number of hydrogen-bond acceptors (Lipinski definition) is 4. The topological polar surface area (TPSA) is 37.4 Å². The van der Waals surface area contributed by atoms with Crippen LogP contribution in [0.4, 0.5) is 0 Å². The highest BCUT2D eigenvalue weighted by Crippen LogP contribution is 2.10. The maximum Gasteiger partial charge on any atom is 0.213 e. The monoisotopic (exact) mass is 235 g/mol. The third kappa shape index (κ3) is 3.98. The molecule has 17 heavy (non-hydrogen) atoms. The fraction of sp³-hybridized carbons (Fsp3) is 0.615. The van der Waals surface area contributed by atoms with Crippen molar-refractivity contribution >= 4 is 0 Å². The molecule has 0 unspecified atom stereocenters. The summed E-state index contributed by atoms with van der Waals surface area (Å²) in [6, 6.07) is 6.00. The van der Waals surface area contributed by atoms with Crippen molar-refractivity contribution in [3.8, 4) is 5.88 Å². The van der Waals surface area contributed by atoms with E-state index in [1.54, 1.807) is 0 Å². The number of nitrogens with one attached hydrogen (secondary N) is 1.